The number of carbonyl (C=O) groups is 2. The summed E-state index contributed by atoms with van der Waals surface area (Å²) in [6, 6.07) is 4.46. The number of carbonyl (C=O) groups excluding carboxylic acids is 1. The van der Waals surface area contributed by atoms with Crippen LogP contribution in [0.25, 0.3) is 0 Å². The Morgan fingerprint density at radius 3 is 2.55 bits per heavy atom. The maximum absolute atomic E-state index is 12.3. The van der Waals surface area contributed by atoms with Crippen LogP contribution in [-0.4, -0.2) is 44.9 Å². The third kappa shape index (κ3) is 3.46. The van der Waals surface area contributed by atoms with E-state index >= 15 is 0 Å². The van der Waals surface area contributed by atoms with Gasteiger partial charge < -0.3 is 10.0 Å². The lowest BCUT2D eigenvalue weighted by atomic mass is 10.2. The number of likely N-dealkylation sites (tertiary alicyclic amines) is 1. The Bertz CT molecular complexity index is 569. The first-order chi connectivity index (χ1) is 9.49. The smallest absolute Gasteiger partial charge is 0.336 e. The average Bonchev–Trinajstić information content (AvgIpc) is 2.92. The van der Waals surface area contributed by atoms with Crippen molar-refractivity contribution in [3.8, 4) is 0 Å². The van der Waals surface area contributed by atoms with E-state index in [2.05, 4.69) is 15.9 Å². The van der Waals surface area contributed by atoms with E-state index in [1.54, 1.807) is 11.0 Å². The van der Waals surface area contributed by atoms with Gasteiger partial charge in [0.1, 0.15) is 5.75 Å². The highest BCUT2D eigenvalue weighted by Crippen LogP contribution is 2.21. The van der Waals surface area contributed by atoms with Gasteiger partial charge >= 0.3 is 5.97 Å². The Labute approximate surface area is 127 Å². The molecule has 1 aromatic rings. The van der Waals surface area contributed by atoms with E-state index in [0.29, 0.717) is 17.6 Å². The number of carboxylic acid groups (broad SMARTS) is 1. The van der Waals surface area contributed by atoms with Crippen LogP contribution >= 0.6 is 15.9 Å². The number of rotatable bonds is 4. The highest BCUT2D eigenvalue weighted by molar-refractivity contribution is 9.10. The second-order valence-electron chi connectivity index (χ2n) is 4.52. The fourth-order valence-corrected chi connectivity index (χ4v) is 3.84. The molecule has 1 saturated heterocycles. The van der Waals surface area contributed by atoms with Crippen LogP contribution in [0.5, 0.6) is 0 Å². The maximum Gasteiger partial charge on any atom is 0.336 e. The standard InChI is InChI=1S/C13H14BrNO4S/c14-9-3-4-10(13(17)18)11(7-9)20(19)8-12(16)15-5-1-2-6-15/h3-4,7H,1-2,5-6,8H2,(H,17,18). The van der Waals surface area contributed by atoms with Gasteiger partial charge in [-0.15, -0.1) is 0 Å². The van der Waals surface area contributed by atoms with Crippen molar-refractivity contribution in [2.75, 3.05) is 18.8 Å². The van der Waals surface area contributed by atoms with Gasteiger partial charge in [-0.1, -0.05) is 15.9 Å². The summed E-state index contributed by atoms with van der Waals surface area (Å²) < 4.78 is 12.9. The number of aromatic carboxylic acids is 1. The quantitative estimate of drug-likeness (QED) is 0.890. The zero-order valence-electron chi connectivity index (χ0n) is 10.7. The summed E-state index contributed by atoms with van der Waals surface area (Å²) in [5.41, 5.74) is -0.0271. The summed E-state index contributed by atoms with van der Waals surface area (Å²) >= 11 is 3.22. The van der Waals surface area contributed by atoms with Crippen molar-refractivity contribution in [2.45, 2.75) is 17.7 Å². The number of benzene rings is 1. The molecule has 0 radical (unpaired) electrons. The zero-order chi connectivity index (χ0) is 14.7. The summed E-state index contributed by atoms with van der Waals surface area (Å²) in [5.74, 6) is -1.50. The van der Waals surface area contributed by atoms with Crippen LogP contribution in [0.15, 0.2) is 27.6 Å². The Kier molecular flexibility index (Phi) is 4.93. The van der Waals surface area contributed by atoms with Crippen LogP contribution in [0.1, 0.15) is 23.2 Å². The van der Waals surface area contributed by atoms with Crippen molar-refractivity contribution in [3.63, 3.8) is 0 Å². The minimum absolute atomic E-state index is 0.0271. The first-order valence-electron chi connectivity index (χ1n) is 6.18. The first kappa shape index (κ1) is 15.2. The predicted octanol–water partition coefficient (Wildman–Crippen LogP) is 1.88. The van der Waals surface area contributed by atoms with Crippen molar-refractivity contribution in [1.29, 1.82) is 0 Å². The summed E-state index contributed by atoms with van der Waals surface area (Å²) in [6.07, 6.45) is 1.94. The monoisotopic (exact) mass is 359 g/mol. The van der Waals surface area contributed by atoms with Crippen LogP contribution in [0.2, 0.25) is 0 Å². The molecule has 20 heavy (non-hydrogen) atoms. The average molecular weight is 360 g/mol. The molecule has 5 nitrogen and oxygen atoms in total. The highest BCUT2D eigenvalue weighted by Gasteiger charge is 2.23. The molecule has 1 amide bonds. The van der Waals surface area contributed by atoms with E-state index < -0.39 is 16.8 Å². The molecule has 1 unspecified atom stereocenters. The molecule has 1 fully saturated rings. The molecule has 1 aliphatic heterocycles. The van der Waals surface area contributed by atoms with Crippen LogP contribution < -0.4 is 0 Å². The van der Waals surface area contributed by atoms with Crippen LogP contribution in [0.3, 0.4) is 0 Å². The molecule has 1 N–H and O–H groups in total. The van der Waals surface area contributed by atoms with Gasteiger partial charge in [0, 0.05) is 17.6 Å². The van der Waals surface area contributed by atoms with Crippen LogP contribution in [0.4, 0.5) is 0 Å². The van der Waals surface area contributed by atoms with Crippen molar-refractivity contribution < 1.29 is 18.9 Å². The van der Waals surface area contributed by atoms with Gasteiger partial charge in [0.15, 0.2) is 0 Å². The third-order valence-corrected chi connectivity index (χ3v) is 4.96. The topological polar surface area (TPSA) is 74.7 Å². The fourth-order valence-electron chi connectivity index (χ4n) is 2.11. The molecule has 0 aromatic heterocycles. The molecule has 0 saturated carbocycles. The van der Waals surface area contributed by atoms with Crippen molar-refractivity contribution in [1.82, 2.24) is 4.90 Å². The molecular weight excluding hydrogens is 346 g/mol. The number of amides is 1. The summed E-state index contributed by atoms with van der Waals surface area (Å²) in [5, 5.41) is 9.11. The second-order valence-corrected chi connectivity index (χ2v) is 6.86. The third-order valence-electron chi connectivity index (χ3n) is 3.13. The highest BCUT2D eigenvalue weighted by atomic mass is 79.9. The predicted molar refractivity (Wildman–Crippen MR) is 78.2 cm³/mol. The Morgan fingerprint density at radius 2 is 1.95 bits per heavy atom. The molecule has 0 bridgehead atoms. The minimum atomic E-state index is -1.65. The maximum atomic E-state index is 12.3. The first-order valence-corrected chi connectivity index (χ1v) is 8.29. The largest absolute Gasteiger partial charge is 0.478 e. The van der Waals surface area contributed by atoms with E-state index in [9.17, 15) is 13.8 Å². The lowest BCUT2D eigenvalue weighted by Gasteiger charge is -2.15. The Morgan fingerprint density at radius 1 is 1.30 bits per heavy atom. The minimum Gasteiger partial charge on any atom is -0.478 e. The molecule has 1 heterocycles. The van der Waals surface area contributed by atoms with Gasteiger partial charge in [0.25, 0.3) is 0 Å². The van der Waals surface area contributed by atoms with Gasteiger partial charge in [0.2, 0.25) is 5.91 Å². The number of hydrogen-bond donors (Lipinski definition) is 1. The SMILES string of the molecule is O=C(O)c1ccc(Br)cc1S(=O)CC(=O)N1CCCC1. The molecule has 1 atom stereocenters. The summed E-state index contributed by atoms with van der Waals surface area (Å²) in [7, 11) is -1.65. The lowest BCUT2D eigenvalue weighted by molar-refractivity contribution is -0.127. The van der Waals surface area contributed by atoms with E-state index in [-0.39, 0.29) is 22.1 Å². The molecule has 0 spiro atoms. The van der Waals surface area contributed by atoms with E-state index in [0.717, 1.165) is 12.8 Å². The molecule has 1 aliphatic rings. The van der Waals surface area contributed by atoms with Crippen LogP contribution in [-0.2, 0) is 15.6 Å². The number of nitrogens with zero attached hydrogens (tertiary/aromatic N) is 1. The van der Waals surface area contributed by atoms with Crippen molar-refractivity contribution in [2.24, 2.45) is 0 Å². The van der Waals surface area contributed by atoms with Gasteiger partial charge in [-0.3, -0.25) is 9.00 Å². The molecule has 2 rings (SSSR count). The van der Waals surface area contributed by atoms with Crippen LogP contribution in [0, 0.1) is 0 Å². The van der Waals surface area contributed by atoms with Gasteiger partial charge in [-0.25, -0.2) is 4.79 Å². The fraction of sp³-hybridized carbons (Fsp3) is 0.385. The molecule has 1 aromatic carbocycles. The van der Waals surface area contributed by atoms with Crippen molar-refractivity contribution >= 4 is 38.6 Å². The number of hydrogen-bond acceptors (Lipinski definition) is 3. The lowest BCUT2D eigenvalue weighted by Crippen LogP contribution is -2.32. The van der Waals surface area contributed by atoms with E-state index in [4.69, 9.17) is 5.11 Å². The van der Waals surface area contributed by atoms with Crippen molar-refractivity contribution in [3.05, 3.63) is 28.2 Å². The summed E-state index contributed by atoms with van der Waals surface area (Å²) in [4.78, 5) is 25.0. The number of carboxylic acids is 1. The van der Waals surface area contributed by atoms with Gasteiger partial charge in [0.05, 0.1) is 21.3 Å². The van der Waals surface area contributed by atoms with E-state index in [1.807, 2.05) is 0 Å². The molecule has 0 aliphatic carbocycles. The van der Waals surface area contributed by atoms with Gasteiger partial charge in [-0.2, -0.15) is 0 Å². The molecule has 7 heteroatoms. The Hall–Kier alpha value is -1.21. The number of halogens is 1. The van der Waals surface area contributed by atoms with Gasteiger partial charge in [-0.05, 0) is 31.0 Å². The Balaban J connectivity index is 2.18. The molecular formula is C13H14BrNO4S. The summed E-state index contributed by atoms with van der Waals surface area (Å²) in [6.45, 7) is 1.39. The zero-order valence-corrected chi connectivity index (χ0v) is 13.1. The normalized spacial score (nSPS) is 16.1. The molecule has 108 valence electrons. The van der Waals surface area contributed by atoms with E-state index in [1.165, 1.54) is 12.1 Å². The second kappa shape index (κ2) is 6.49.